The predicted molar refractivity (Wildman–Crippen MR) is 107 cm³/mol. The predicted octanol–water partition coefficient (Wildman–Crippen LogP) is 5.65. The summed E-state index contributed by atoms with van der Waals surface area (Å²) in [5, 5.41) is 2.77. The molecule has 0 fully saturated rings. The summed E-state index contributed by atoms with van der Waals surface area (Å²) in [7, 11) is 1.84. The Labute approximate surface area is 162 Å². The fraction of sp³-hybridized carbons (Fsp3) is 0.217. The Morgan fingerprint density at radius 3 is 2.81 bits per heavy atom. The Bertz CT molecular complexity index is 1480. The van der Waals surface area contributed by atoms with Crippen LogP contribution in [0.4, 0.5) is 0 Å². The molecule has 0 saturated carbocycles. The normalized spacial score (nSPS) is 16.9. The molecule has 2 aromatic carbocycles. The van der Waals surface area contributed by atoms with Gasteiger partial charge in [-0.2, -0.15) is 0 Å². The third-order valence-corrected chi connectivity index (χ3v) is 5.02. The molecule has 0 aliphatic heterocycles. The van der Waals surface area contributed by atoms with Crippen molar-refractivity contribution in [2.24, 2.45) is 7.05 Å². The van der Waals surface area contributed by atoms with Crippen LogP contribution >= 0.6 is 0 Å². The van der Waals surface area contributed by atoms with E-state index in [0.29, 0.717) is 17.2 Å². The van der Waals surface area contributed by atoms with Gasteiger partial charge in [0.25, 0.3) is 5.78 Å². The molecule has 0 aliphatic rings. The fourth-order valence-corrected chi connectivity index (χ4v) is 3.63. The summed E-state index contributed by atoms with van der Waals surface area (Å²) < 4.78 is 45.7. The number of rotatable bonds is 2. The quantitative estimate of drug-likeness (QED) is 0.382. The van der Waals surface area contributed by atoms with E-state index in [-0.39, 0.29) is 5.69 Å². The van der Waals surface area contributed by atoms with E-state index in [2.05, 4.69) is 4.98 Å². The molecule has 1 atom stereocenters. The molecular formula is C23H21N2O2+. The van der Waals surface area contributed by atoms with Crippen LogP contribution in [0.25, 0.3) is 44.5 Å². The molecule has 3 heterocycles. The van der Waals surface area contributed by atoms with Crippen molar-refractivity contribution in [1.29, 1.82) is 0 Å². The summed E-state index contributed by atoms with van der Waals surface area (Å²) in [6.07, 6.45) is 1.73. The minimum Gasteiger partial charge on any atom is -0.425 e. The molecule has 0 N–H and O–H groups in total. The largest absolute Gasteiger partial charge is 0.425 e. The number of benzene rings is 2. The first kappa shape index (κ1) is 12.3. The molecule has 0 amide bonds. The lowest BCUT2D eigenvalue weighted by Crippen LogP contribution is -2.32. The Kier molecular flexibility index (Phi) is 2.58. The minimum atomic E-state index is -2.51. The number of hydrogen-bond donors (Lipinski definition) is 0. The molecule has 0 spiro atoms. The van der Waals surface area contributed by atoms with Crippen LogP contribution in [0, 0.1) is 6.92 Å². The van der Waals surface area contributed by atoms with Gasteiger partial charge in [-0.1, -0.05) is 44.1 Å². The standard InChI is InChI=1S/C23H21N2O2/c1-13(2)17-11-12-25(4)22(24-17)19-14(3)9-10-16-20-15-7-5-6-8-18(15)26-23(20)27-21(16)19/h5-13H,1-4H3/q+1/i1D3,13D. The Balaban J connectivity index is 1.82. The van der Waals surface area contributed by atoms with Crippen LogP contribution in [0.2, 0.25) is 0 Å². The zero-order chi connectivity index (χ0) is 22.1. The molecule has 4 nitrogen and oxygen atoms in total. The lowest BCUT2D eigenvalue weighted by Gasteiger charge is -2.06. The van der Waals surface area contributed by atoms with Gasteiger partial charge in [-0.15, -0.1) is 0 Å². The SMILES string of the molecule is [2H]C([2H])([2H])C([2H])(C)c1cc[n+](C)c(-c2c(C)ccc3c2oc2oc4ccccc4c23)n1. The number of fused-ring (bicyclic) bond motifs is 5. The maximum absolute atomic E-state index is 8.45. The highest BCUT2D eigenvalue weighted by Gasteiger charge is 2.26. The van der Waals surface area contributed by atoms with Gasteiger partial charge in [0, 0.05) is 28.2 Å². The molecule has 5 aromatic rings. The molecule has 134 valence electrons. The maximum atomic E-state index is 8.45. The second-order valence-corrected chi connectivity index (χ2v) is 6.87. The minimum absolute atomic E-state index is 0.178. The first-order chi connectivity index (χ1) is 14.6. The van der Waals surface area contributed by atoms with Gasteiger partial charge in [-0.05, 0) is 23.5 Å². The number of aryl methyl sites for hydroxylation is 2. The summed E-state index contributed by atoms with van der Waals surface area (Å²) in [6.45, 7) is 0.808. The Morgan fingerprint density at radius 1 is 1.11 bits per heavy atom. The van der Waals surface area contributed by atoms with E-state index in [1.165, 1.54) is 6.92 Å². The van der Waals surface area contributed by atoms with E-state index in [1.54, 1.807) is 12.3 Å². The lowest BCUT2D eigenvalue weighted by molar-refractivity contribution is -0.663. The Hall–Kier alpha value is -3.14. The van der Waals surface area contributed by atoms with Crippen molar-refractivity contribution in [1.82, 2.24) is 4.98 Å². The van der Waals surface area contributed by atoms with Gasteiger partial charge >= 0.3 is 5.82 Å². The molecule has 0 bridgehead atoms. The van der Waals surface area contributed by atoms with Crippen molar-refractivity contribution >= 4 is 33.1 Å². The van der Waals surface area contributed by atoms with E-state index in [4.69, 9.17) is 14.3 Å². The third kappa shape index (κ3) is 2.29. The van der Waals surface area contributed by atoms with E-state index >= 15 is 0 Å². The zero-order valence-electron chi connectivity index (χ0n) is 19.3. The van der Waals surface area contributed by atoms with Crippen molar-refractivity contribution in [2.45, 2.75) is 26.6 Å². The number of nitrogens with zero attached hydrogens (tertiary/aromatic N) is 2. The first-order valence-electron chi connectivity index (χ1n) is 10.8. The van der Waals surface area contributed by atoms with E-state index in [1.807, 2.05) is 54.9 Å². The number of para-hydroxylation sites is 1. The fourth-order valence-electron chi connectivity index (χ4n) is 3.63. The van der Waals surface area contributed by atoms with Crippen LogP contribution < -0.4 is 4.57 Å². The van der Waals surface area contributed by atoms with Crippen molar-refractivity contribution < 1.29 is 18.9 Å². The molecule has 0 radical (unpaired) electrons. The Morgan fingerprint density at radius 2 is 1.96 bits per heavy atom. The second-order valence-electron chi connectivity index (χ2n) is 6.87. The topological polar surface area (TPSA) is 43.0 Å². The molecule has 27 heavy (non-hydrogen) atoms. The number of aromatic nitrogens is 2. The molecule has 0 aliphatic carbocycles. The van der Waals surface area contributed by atoms with Gasteiger partial charge in [0.1, 0.15) is 11.1 Å². The molecule has 1 unspecified atom stereocenters. The van der Waals surface area contributed by atoms with Crippen LogP contribution in [0.5, 0.6) is 0 Å². The summed E-state index contributed by atoms with van der Waals surface area (Å²) in [4.78, 5) is 4.63. The van der Waals surface area contributed by atoms with Crippen molar-refractivity contribution in [3.05, 3.63) is 59.9 Å². The van der Waals surface area contributed by atoms with Crippen LogP contribution in [-0.4, -0.2) is 4.98 Å². The van der Waals surface area contributed by atoms with Gasteiger partial charge in [-0.25, -0.2) is 4.57 Å². The van der Waals surface area contributed by atoms with E-state index in [0.717, 1.165) is 32.9 Å². The monoisotopic (exact) mass is 361 g/mol. The van der Waals surface area contributed by atoms with Crippen LogP contribution in [0.1, 0.15) is 36.4 Å². The van der Waals surface area contributed by atoms with Gasteiger partial charge in [-0.3, -0.25) is 0 Å². The summed E-state index contributed by atoms with van der Waals surface area (Å²) in [5.74, 6) is -0.871. The van der Waals surface area contributed by atoms with Gasteiger partial charge < -0.3 is 8.83 Å². The third-order valence-electron chi connectivity index (χ3n) is 5.02. The van der Waals surface area contributed by atoms with E-state index in [9.17, 15) is 0 Å². The molecular weight excluding hydrogens is 336 g/mol. The van der Waals surface area contributed by atoms with Crippen molar-refractivity contribution in [3.8, 4) is 11.4 Å². The smallest absolute Gasteiger partial charge is 0.334 e. The van der Waals surface area contributed by atoms with Crippen LogP contribution in [0.15, 0.2) is 57.5 Å². The summed E-state index contributed by atoms with van der Waals surface area (Å²) in [6, 6.07) is 13.4. The lowest BCUT2D eigenvalue weighted by atomic mass is 10.0. The average molecular weight is 361 g/mol. The van der Waals surface area contributed by atoms with Gasteiger partial charge in [0.15, 0.2) is 11.3 Å². The average Bonchev–Trinajstić information content (AvgIpc) is 3.23. The molecule has 5 rings (SSSR count). The summed E-state index contributed by atoms with van der Waals surface area (Å²) in [5.41, 5.74) is 3.24. The van der Waals surface area contributed by atoms with Crippen LogP contribution in [-0.2, 0) is 7.05 Å². The molecule has 4 heteroatoms. The van der Waals surface area contributed by atoms with Crippen LogP contribution in [0.3, 0.4) is 0 Å². The number of furan rings is 2. The molecule has 0 saturated heterocycles. The van der Waals surface area contributed by atoms with Gasteiger partial charge in [0.05, 0.1) is 18.6 Å². The highest BCUT2D eigenvalue weighted by atomic mass is 16.5. The van der Waals surface area contributed by atoms with Crippen molar-refractivity contribution in [3.63, 3.8) is 0 Å². The van der Waals surface area contributed by atoms with E-state index < -0.39 is 12.7 Å². The first-order valence-corrected chi connectivity index (χ1v) is 8.80. The second kappa shape index (κ2) is 5.68. The number of hydrogen-bond acceptors (Lipinski definition) is 3. The highest BCUT2D eigenvalue weighted by molar-refractivity contribution is 6.19. The van der Waals surface area contributed by atoms with Crippen molar-refractivity contribution in [2.75, 3.05) is 0 Å². The van der Waals surface area contributed by atoms with Gasteiger partial charge in [0.2, 0.25) is 0 Å². The highest BCUT2D eigenvalue weighted by Crippen LogP contribution is 2.41. The maximum Gasteiger partial charge on any atom is 0.334 e. The zero-order valence-corrected chi connectivity index (χ0v) is 15.3. The molecule has 3 aromatic heterocycles. The summed E-state index contributed by atoms with van der Waals surface area (Å²) >= 11 is 0.